The number of aromatic nitrogens is 1. The van der Waals surface area contributed by atoms with Gasteiger partial charge in [-0.3, -0.25) is 9.88 Å². The summed E-state index contributed by atoms with van der Waals surface area (Å²) >= 11 is 0. The van der Waals surface area contributed by atoms with E-state index in [0.717, 1.165) is 30.9 Å². The summed E-state index contributed by atoms with van der Waals surface area (Å²) in [5.74, 6) is -0.298. The molecule has 1 aromatic heterocycles. The van der Waals surface area contributed by atoms with Crippen molar-refractivity contribution in [3.63, 3.8) is 0 Å². The van der Waals surface area contributed by atoms with Crippen LogP contribution >= 0.6 is 0 Å². The maximum absolute atomic E-state index is 13.1. The van der Waals surface area contributed by atoms with Gasteiger partial charge in [0.1, 0.15) is 5.82 Å². The molecule has 2 amide bonds. The van der Waals surface area contributed by atoms with Gasteiger partial charge >= 0.3 is 6.03 Å². The van der Waals surface area contributed by atoms with Crippen LogP contribution in [0.25, 0.3) is 0 Å². The predicted molar refractivity (Wildman–Crippen MR) is 91.2 cm³/mol. The van der Waals surface area contributed by atoms with E-state index in [1.807, 2.05) is 18.2 Å². The minimum absolute atomic E-state index is 0.137. The highest BCUT2D eigenvalue weighted by Crippen LogP contribution is 2.17. The second-order valence-electron chi connectivity index (χ2n) is 5.97. The van der Waals surface area contributed by atoms with Crippen molar-refractivity contribution in [3.8, 4) is 0 Å². The SMILES string of the molecule is Cc1cc(F)ccc1NC(=O)N1CCN(Cc2ccccn2)CC1. The molecule has 0 spiro atoms. The molecule has 1 N–H and O–H groups in total. The second kappa shape index (κ2) is 7.40. The maximum atomic E-state index is 13.1. The van der Waals surface area contributed by atoms with Gasteiger partial charge in [0.2, 0.25) is 0 Å². The lowest BCUT2D eigenvalue weighted by molar-refractivity contribution is 0.142. The number of carbonyl (C=O) groups is 1. The number of hydrogen-bond donors (Lipinski definition) is 1. The molecule has 1 aliphatic heterocycles. The van der Waals surface area contributed by atoms with Gasteiger partial charge in [-0.2, -0.15) is 0 Å². The molecule has 2 aromatic rings. The summed E-state index contributed by atoms with van der Waals surface area (Å²) in [7, 11) is 0. The minimum Gasteiger partial charge on any atom is -0.322 e. The molecule has 0 radical (unpaired) electrons. The molecule has 0 aliphatic carbocycles. The highest BCUT2D eigenvalue weighted by molar-refractivity contribution is 5.90. The van der Waals surface area contributed by atoms with E-state index in [-0.39, 0.29) is 11.8 Å². The summed E-state index contributed by atoms with van der Waals surface area (Å²) < 4.78 is 13.1. The van der Waals surface area contributed by atoms with Crippen molar-refractivity contribution in [1.82, 2.24) is 14.8 Å². The normalized spacial score (nSPS) is 15.3. The molecule has 126 valence electrons. The van der Waals surface area contributed by atoms with Crippen molar-refractivity contribution in [2.75, 3.05) is 31.5 Å². The van der Waals surface area contributed by atoms with Crippen molar-refractivity contribution in [2.45, 2.75) is 13.5 Å². The Morgan fingerprint density at radius 2 is 2.00 bits per heavy atom. The first-order valence-electron chi connectivity index (χ1n) is 8.06. The second-order valence-corrected chi connectivity index (χ2v) is 5.97. The fourth-order valence-corrected chi connectivity index (χ4v) is 2.79. The Morgan fingerprint density at radius 1 is 1.21 bits per heavy atom. The maximum Gasteiger partial charge on any atom is 0.321 e. The van der Waals surface area contributed by atoms with E-state index in [4.69, 9.17) is 0 Å². The zero-order chi connectivity index (χ0) is 16.9. The van der Waals surface area contributed by atoms with Crippen LogP contribution in [0.2, 0.25) is 0 Å². The average Bonchev–Trinajstić information content (AvgIpc) is 2.59. The molecular weight excluding hydrogens is 307 g/mol. The van der Waals surface area contributed by atoms with Crippen molar-refractivity contribution >= 4 is 11.7 Å². The van der Waals surface area contributed by atoms with Gasteiger partial charge in [-0.1, -0.05) is 6.07 Å². The number of nitrogens with zero attached hydrogens (tertiary/aromatic N) is 3. The van der Waals surface area contributed by atoms with E-state index in [1.165, 1.54) is 12.1 Å². The molecule has 0 bridgehead atoms. The van der Waals surface area contributed by atoms with Crippen LogP contribution in [0.1, 0.15) is 11.3 Å². The molecule has 1 aliphatic rings. The number of carbonyl (C=O) groups excluding carboxylic acids is 1. The average molecular weight is 328 g/mol. The fourth-order valence-electron chi connectivity index (χ4n) is 2.79. The molecule has 1 fully saturated rings. The van der Waals surface area contributed by atoms with E-state index < -0.39 is 0 Å². The number of aryl methyl sites for hydroxylation is 1. The van der Waals surface area contributed by atoms with E-state index in [9.17, 15) is 9.18 Å². The number of pyridine rings is 1. The zero-order valence-corrected chi connectivity index (χ0v) is 13.7. The summed E-state index contributed by atoms with van der Waals surface area (Å²) in [5, 5.41) is 2.86. The van der Waals surface area contributed by atoms with Crippen LogP contribution in [-0.4, -0.2) is 47.0 Å². The van der Waals surface area contributed by atoms with E-state index in [0.29, 0.717) is 18.8 Å². The predicted octanol–water partition coefficient (Wildman–Crippen LogP) is 2.88. The fraction of sp³-hybridized carbons (Fsp3) is 0.333. The minimum atomic E-state index is -0.298. The number of anilines is 1. The zero-order valence-electron chi connectivity index (χ0n) is 13.7. The Bertz CT molecular complexity index is 699. The number of rotatable bonds is 3. The number of benzene rings is 1. The van der Waals surface area contributed by atoms with Gasteiger partial charge in [0.15, 0.2) is 0 Å². The van der Waals surface area contributed by atoms with Gasteiger partial charge in [0.05, 0.1) is 5.69 Å². The lowest BCUT2D eigenvalue weighted by Crippen LogP contribution is -2.49. The Kier molecular flexibility index (Phi) is 5.05. The van der Waals surface area contributed by atoms with Gasteiger partial charge in [-0.05, 0) is 42.8 Å². The first-order valence-corrected chi connectivity index (χ1v) is 8.06. The largest absolute Gasteiger partial charge is 0.322 e. The first-order chi connectivity index (χ1) is 11.6. The number of nitrogens with one attached hydrogen (secondary N) is 1. The van der Waals surface area contributed by atoms with Crippen LogP contribution in [-0.2, 0) is 6.54 Å². The van der Waals surface area contributed by atoms with Crippen molar-refractivity contribution in [3.05, 3.63) is 59.7 Å². The standard InChI is InChI=1S/C18H21FN4O/c1-14-12-15(19)5-6-17(14)21-18(24)23-10-8-22(9-11-23)13-16-4-2-3-7-20-16/h2-7,12H,8-11,13H2,1H3,(H,21,24). The van der Waals surface area contributed by atoms with Crippen LogP contribution in [0.4, 0.5) is 14.9 Å². The van der Waals surface area contributed by atoms with Crippen molar-refractivity contribution in [2.24, 2.45) is 0 Å². The van der Waals surface area contributed by atoms with Gasteiger partial charge in [0, 0.05) is 44.6 Å². The topological polar surface area (TPSA) is 48.5 Å². The molecular formula is C18H21FN4O. The molecule has 0 unspecified atom stereocenters. The summed E-state index contributed by atoms with van der Waals surface area (Å²) in [4.78, 5) is 20.8. The van der Waals surface area contributed by atoms with Gasteiger partial charge < -0.3 is 10.2 Å². The third-order valence-corrected chi connectivity index (χ3v) is 4.20. The number of halogens is 1. The summed E-state index contributed by atoms with van der Waals surface area (Å²) in [5.41, 5.74) is 2.41. The Morgan fingerprint density at radius 3 is 2.67 bits per heavy atom. The Labute approximate surface area is 141 Å². The Hall–Kier alpha value is -2.47. The summed E-state index contributed by atoms with van der Waals surface area (Å²) in [6, 6.07) is 10.1. The van der Waals surface area contributed by atoms with Gasteiger partial charge in [-0.25, -0.2) is 9.18 Å². The van der Waals surface area contributed by atoms with Gasteiger partial charge in [-0.15, -0.1) is 0 Å². The van der Waals surface area contributed by atoms with Gasteiger partial charge in [0.25, 0.3) is 0 Å². The molecule has 24 heavy (non-hydrogen) atoms. The number of hydrogen-bond acceptors (Lipinski definition) is 3. The number of urea groups is 1. The lowest BCUT2D eigenvalue weighted by atomic mass is 10.2. The molecule has 2 heterocycles. The monoisotopic (exact) mass is 328 g/mol. The number of piperazine rings is 1. The Balaban J connectivity index is 1.51. The highest BCUT2D eigenvalue weighted by Gasteiger charge is 2.21. The molecule has 1 aromatic carbocycles. The highest BCUT2D eigenvalue weighted by atomic mass is 19.1. The molecule has 0 saturated carbocycles. The van der Waals surface area contributed by atoms with E-state index in [2.05, 4.69) is 15.2 Å². The van der Waals surface area contributed by atoms with Crippen LogP contribution in [0.15, 0.2) is 42.6 Å². The smallest absolute Gasteiger partial charge is 0.321 e. The summed E-state index contributed by atoms with van der Waals surface area (Å²) in [6.07, 6.45) is 1.80. The van der Waals surface area contributed by atoms with Crippen LogP contribution in [0.5, 0.6) is 0 Å². The van der Waals surface area contributed by atoms with Crippen LogP contribution < -0.4 is 5.32 Å². The number of amides is 2. The third-order valence-electron chi connectivity index (χ3n) is 4.20. The lowest BCUT2D eigenvalue weighted by Gasteiger charge is -2.34. The third kappa shape index (κ3) is 4.08. The first kappa shape index (κ1) is 16.4. The molecule has 1 saturated heterocycles. The molecule has 0 atom stereocenters. The van der Waals surface area contributed by atoms with Crippen molar-refractivity contribution < 1.29 is 9.18 Å². The molecule has 5 nitrogen and oxygen atoms in total. The van der Waals surface area contributed by atoms with Crippen molar-refractivity contribution in [1.29, 1.82) is 0 Å². The molecule has 3 rings (SSSR count). The van der Waals surface area contributed by atoms with E-state index >= 15 is 0 Å². The van der Waals surface area contributed by atoms with E-state index in [1.54, 1.807) is 24.1 Å². The van der Waals surface area contributed by atoms with Crippen LogP contribution in [0, 0.1) is 12.7 Å². The quantitative estimate of drug-likeness (QED) is 0.942. The van der Waals surface area contributed by atoms with Crippen LogP contribution in [0.3, 0.4) is 0 Å². The summed E-state index contributed by atoms with van der Waals surface area (Å²) in [6.45, 7) is 5.54. The molecule has 6 heteroatoms.